The fourth-order valence-electron chi connectivity index (χ4n) is 2.75. The Kier molecular flexibility index (Phi) is 5.48. The summed E-state index contributed by atoms with van der Waals surface area (Å²) in [6.07, 6.45) is 4.58. The van der Waals surface area contributed by atoms with Crippen molar-refractivity contribution in [1.29, 1.82) is 0 Å². The second-order valence-electron chi connectivity index (χ2n) is 5.89. The first-order chi connectivity index (χ1) is 12.3. The molecule has 0 bridgehead atoms. The number of hydrogen-bond acceptors (Lipinski definition) is 1. The summed E-state index contributed by atoms with van der Waals surface area (Å²) in [4.78, 5) is 0. The molecule has 0 amide bonds. The van der Waals surface area contributed by atoms with Crippen molar-refractivity contribution in [3.8, 4) is 28.0 Å². The maximum Gasteiger partial charge on any atom is 0.119 e. The lowest BCUT2D eigenvalue weighted by molar-refractivity contribution is 0.363. The van der Waals surface area contributed by atoms with Crippen LogP contribution in [0, 0.1) is 0 Å². The second-order valence-corrected chi connectivity index (χ2v) is 5.89. The van der Waals surface area contributed by atoms with Crippen LogP contribution in [-0.2, 0) is 6.42 Å². The summed E-state index contributed by atoms with van der Waals surface area (Å²) in [7, 11) is 0. The molecule has 0 aliphatic carbocycles. The minimum Gasteiger partial charge on any atom is -0.490 e. The van der Waals surface area contributed by atoms with Crippen molar-refractivity contribution in [3.63, 3.8) is 0 Å². The van der Waals surface area contributed by atoms with E-state index < -0.39 is 0 Å². The van der Waals surface area contributed by atoms with Gasteiger partial charge in [-0.2, -0.15) is 0 Å². The first kappa shape index (κ1) is 16.8. The number of hydrogen-bond donors (Lipinski definition) is 0. The molecule has 3 aromatic carbocycles. The standard InChI is InChI=1S/C24H22O/c1-3-5-19-6-8-20(9-7-19)21-10-12-22(13-11-21)23-14-16-24(17-15-23)25-18-4-2/h3-4,6-17H,1-2,5,18H2. The number of benzene rings is 3. The van der Waals surface area contributed by atoms with E-state index in [4.69, 9.17) is 4.74 Å². The van der Waals surface area contributed by atoms with Crippen molar-refractivity contribution >= 4 is 0 Å². The highest BCUT2D eigenvalue weighted by molar-refractivity contribution is 5.70. The zero-order chi connectivity index (χ0) is 17.5. The number of rotatable bonds is 7. The predicted molar refractivity (Wildman–Crippen MR) is 107 cm³/mol. The minimum absolute atomic E-state index is 0.527. The van der Waals surface area contributed by atoms with Gasteiger partial charge in [0.05, 0.1) is 0 Å². The molecule has 3 aromatic rings. The topological polar surface area (TPSA) is 9.23 Å². The fraction of sp³-hybridized carbons (Fsp3) is 0.0833. The Labute approximate surface area is 149 Å². The van der Waals surface area contributed by atoms with Gasteiger partial charge in [0.25, 0.3) is 0 Å². The van der Waals surface area contributed by atoms with Crippen LogP contribution in [0.15, 0.2) is 98.1 Å². The van der Waals surface area contributed by atoms with Gasteiger partial charge in [0.15, 0.2) is 0 Å². The highest BCUT2D eigenvalue weighted by atomic mass is 16.5. The van der Waals surface area contributed by atoms with Gasteiger partial charge in [-0.05, 0) is 46.4 Å². The predicted octanol–water partition coefficient (Wildman–Crippen LogP) is 6.31. The van der Waals surface area contributed by atoms with Crippen LogP contribution in [0.25, 0.3) is 22.3 Å². The van der Waals surface area contributed by atoms with Crippen LogP contribution in [0.1, 0.15) is 5.56 Å². The summed E-state index contributed by atoms with van der Waals surface area (Å²) < 4.78 is 5.53. The molecule has 25 heavy (non-hydrogen) atoms. The van der Waals surface area contributed by atoms with Crippen LogP contribution in [0.3, 0.4) is 0 Å². The van der Waals surface area contributed by atoms with Gasteiger partial charge in [-0.25, -0.2) is 0 Å². The number of allylic oxidation sites excluding steroid dienone is 1. The van der Waals surface area contributed by atoms with Gasteiger partial charge in [-0.1, -0.05) is 79.4 Å². The summed E-state index contributed by atoms with van der Waals surface area (Å²) >= 11 is 0. The molecular weight excluding hydrogens is 304 g/mol. The zero-order valence-corrected chi connectivity index (χ0v) is 14.3. The van der Waals surface area contributed by atoms with Gasteiger partial charge in [0.1, 0.15) is 12.4 Å². The molecule has 0 N–H and O–H groups in total. The van der Waals surface area contributed by atoms with Crippen molar-refractivity contribution in [2.45, 2.75) is 6.42 Å². The molecule has 0 atom stereocenters. The molecule has 1 heteroatoms. The third-order valence-corrected chi connectivity index (χ3v) is 4.11. The Bertz CT molecular complexity index is 825. The Morgan fingerprint density at radius 3 is 1.48 bits per heavy atom. The van der Waals surface area contributed by atoms with Crippen molar-refractivity contribution < 1.29 is 4.74 Å². The van der Waals surface area contributed by atoms with E-state index in [0.29, 0.717) is 6.61 Å². The molecule has 0 unspecified atom stereocenters. The first-order valence-corrected chi connectivity index (χ1v) is 8.44. The normalized spacial score (nSPS) is 10.2. The Morgan fingerprint density at radius 1 is 0.600 bits per heavy atom. The molecule has 0 saturated carbocycles. The average molecular weight is 326 g/mol. The second kappa shape index (κ2) is 8.16. The summed E-state index contributed by atoms with van der Waals surface area (Å²) in [5, 5.41) is 0. The monoisotopic (exact) mass is 326 g/mol. The molecule has 1 nitrogen and oxygen atoms in total. The Morgan fingerprint density at radius 2 is 1.04 bits per heavy atom. The van der Waals surface area contributed by atoms with E-state index in [9.17, 15) is 0 Å². The molecule has 0 saturated heterocycles. The smallest absolute Gasteiger partial charge is 0.119 e. The van der Waals surface area contributed by atoms with E-state index in [1.54, 1.807) is 6.08 Å². The van der Waals surface area contributed by atoms with E-state index >= 15 is 0 Å². The summed E-state index contributed by atoms with van der Waals surface area (Å²) in [5.41, 5.74) is 6.11. The van der Waals surface area contributed by atoms with E-state index in [1.165, 1.54) is 27.8 Å². The van der Waals surface area contributed by atoms with E-state index in [1.807, 2.05) is 18.2 Å². The lowest BCUT2D eigenvalue weighted by atomic mass is 9.99. The molecule has 3 rings (SSSR count). The van der Waals surface area contributed by atoms with Crippen LogP contribution >= 0.6 is 0 Å². The van der Waals surface area contributed by atoms with E-state index in [2.05, 4.69) is 73.8 Å². The molecule has 0 aromatic heterocycles. The van der Waals surface area contributed by atoms with E-state index in [-0.39, 0.29) is 0 Å². The van der Waals surface area contributed by atoms with Crippen LogP contribution < -0.4 is 4.74 Å². The largest absolute Gasteiger partial charge is 0.490 e. The average Bonchev–Trinajstić information content (AvgIpc) is 2.68. The van der Waals surface area contributed by atoms with Crippen LogP contribution in [0.4, 0.5) is 0 Å². The minimum atomic E-state index is 0.527. The molecule has 0 aliphatic rings. The first-order valence-electron chi connectivity index (χ1n) is 8.44. The molecule has 0 fully saturated rings. The lowest BCUT2D eigenvalue weighted by Crippen LogP contribution is -1.92. The summed E-state index contributed by atoms with van der Waals surface area (Å²) in [6.45, 7) is 7.97. The van der Waals surface area contributed by atoms with Gasteiger partial charge in [-0.15, -0.1) is 6.58 Å². The number of ether oxygens (including phenoxy) is 1. The molecule has 0 heterocycles. The van der Waals surface area contributed by atoms with Crippen molar-refractivity contribution in [3.05, 3.63) is 104 Å². The van der Waals surface area contributed by atoms with Crippen LogP contribution in [-0.4, -0.2) is 6.61 Å². The fourth-order valence-corrected chi connectivity index (χ4v) is 2.75. The van der Waals surface area contributed by atoms with Gasteiger partial charge >= 0.3 is 0 Å². The molecule has 124 valence electrons. The van der Waals surface area contributed by atoms with Gasteiger partial charge in [0.2, 0.25) is 0 Å². The maximum atomic E-state index is 5.53. The van der Waals surface area contributed by atoms with Gasteiger partial charge < -0.3 is 4.74 Å². The van der Waals surface area contributed by atoms with Crippen molar-refractivity contribution in [2.75, 3.05) is 6.61 Å². The molecule has 0 radical (unpaired) electrons. The highest BCUT2D eigenvalue weighted by Crippen LogP contribution is 2.26. The Hall–Kier alpha value is -3.06. The van der Waals surface area contributed by atoms with E-state index in [0.717, 1.165) is 12.2 Å². The zero-order valence-electron chi connectivity index (χ0n) is 14.3. The molecule has 0 aliphatic heterocycles. The quantitative estimate of drug-likeness (QED) is 0.462. The maximum absolute atomic E-state index is 5.53. The summed E-state index contributed by atoms with van der Waals surface area (Å²) in [6, 6.07) is 25.4. The van der Waals surface area contributed by atoms with Crippen LogP contribution in [0.2, 0.25) is 0 Å². The lowest BCUT2D eigenvalue weighted by Gasteiger charge is -2.07. The third kappa shape index (κ3) is 4.27. The Balaban J connectivity index is 1.75. The molecule has 0 spiro atoms. The van der Waals surface area contributed by atoms with Gasteiger partial charge in [-0.3, -0.25) is 0 Å². The van der Waals surface area contributed by atoms with Gasteiger partial charge in [0, 0.05) is 0 Å². The summed E-state index contributed by atoms with van der Waals surface area (Å²) in [5.74, 6) is 0.861. The van der Waals surface area contributed by atoms with Crippen LogP contribution in [0.5, 0.6) is 5.75 Å². The highest BCUT2D eigenvalue weighted by Gasteiger charge is 2.01. The van der Waals surface area contributed by atoms with Crippen molar-refractivity contribution in [2.24, 2.45) is 0 Å². The SMILES string of the molecule is C=CCOc1ccc(-c2ccc(-c3ccc(CC=C)cc3)cc2)cc1. The van der Waals surface area contributed by atoms with Crippen molar-refractivity contribution in [1.82, 2.24) is 0 Å². The third-order valence-electron chi connectivity index (χ3n) is 4.11. The molecular formula is C24H22O.